The number of anilines is 1. The van der Waals surface area contributed by atoms with Gasteiger partial charge in [-0.2, -0.15) is 0 Å². The molecular weight excluding hydrogens is 220 g/mol. The maximum absolute atomic E-state index is 5.77. The van der Waals surface area contributed by atoms with Crippen molar-refractivity contribution < 1.29 is 0 Å². The van der Waals surface area contributed by atoms with Gasteiger partial charge in [0.2, 0.25) is 0 Å². The first-order chi connectivity index (χ1) is 8.81. The number of fused-ring (bicyclic) bond motifs is 1. The minimum Gasteiger partial charge on any atom is -0.367 e. The van der Waals surface area contributed by atoms with Crippen molar-refractivity contribution in [3.63, 3.8) is 0 Å². The Morgan fingerprint density at radius 1 is 1.28 bits per heavy atom. The van der Waals surface area contributed by atoms with Crippen LogP contribution in [0.4, 0.5) is 5.69 Å². The normalized spacial score (nSPS) is 30.8. The Morgan fingerprint density at radius 2 is 2.11 bits per heavy atom. The van der Waals surface area contributed by atoms with E-state index in [0.29, 0.717) is 5.92 Å². The van der Waals surface area contributed by atoms with E-state index in [4.69, 9.17) is 5.73 Å². The van der Waals surface area contributed by atoms with E-state index in [9.17, 15) is 0 Å². The number of benzene rings is 1. The number of hydrogen-bond donors (Lipinski definition) is 1. The summed E-state index contributed by atoms with van der Waals surface area (Å²) in [6.45, 7) is 4.40. The highest BCUT2D eigenvalue weighted by atomic mass is 15.2. The lowest BCUT2D eigenvalue weighted by molar-refractivity contribution is 0.479. The lowest BCUT2D eigenvalue weighted by Crippen LogP contribution is -2.36. The van der Waals surface area contributed by atoms with Gasteiger partial charge < -0.3 is 10.6 Å². The van der Waals surface area contributed by atoms with E-state index < -0.39 is 0 Å². The first kappa shape index (κ1) is 12.0. The molecule has 2 N–H and O–H groups in total. The molecule has 0 radical (unpaired) electrons. The minimum atomic E-state index is 0.652. The number of nitrogens with zero attached hydrogens (tertiary/aromatic N) is 1. The van der Waals surface area contributed by atoms with Crippen LogP contribution in [0.25, 0.3) is 0 Å². The van der Waals surface area contributed by atoms with E-state index in [2.05, 4.69) is 36.1 Å². The van der Waals surface area contributed by atoms with Crippen molar-refractivity contribution in [3.8, 4) is 0 Å². The molecule has 2 aliphatic rings. The van der Waals surface area contributed by atoms with E-state index in [0.717, 1.165) is 24.9 Å². The third kappa shape index (κ3) is 1.93. The van der Waals surface area contributed by atoms with Gasteiger partial charge in [-0.25, -0.2) is 0 Å². The highest BCUT2D eigenvalue weighted by molar-refractivity contribution is 5.61. The molecule has 0 amide bonds. The molecule has 0 bridgehead atoms. The zero-order valence-corrected chi connectivity index (χ0v) is 11.3. The van der Waals surface area contributed by atoms with E-state index in [1.165, 1.54) is 37.1 Å². The highest BCUT2D eigenvalue weighted by Crippen LogP contribution is 2.43. The van der Waals surface area contributed by atoms with Gasteiger partial charge in [0.25, 0.3) is 0 Å². The molecule has 3 atom stereocenters. The lowest BCUT2D eigenvalue weighted by atomic mass is 9.98. The van der Waals surface area contributed by atoms with Crippen LogP contribution in [0, 0.1) is 5.92 Å². The summed E-state index contributed by atoms with van der Waals surface area (Å²) >= 11 is 0. The second-order valence-corrected chi connectivity index (χ2v) is 5.96. The zero-order valence-electron chi connectivity index (χ0n) is 11.3. The maximum atomic E-state index is 5.77. The predicted molar refractivity (Wildman–Crippen MR) is 77.0 cm³/mol. The lowest BCUT2D eigenvalue weighted by Gasteiger charge is -2.30. The molecule has 1 aliphatic heterocycles. The first-order valence-electron chi connectivity index (χ1n) is 7.37. The van der Waals surface area contributed by atoms with E-state index >= 15 is 0 Å². The Hall–Kier alpha value is -1.02. The summed E-state index contributed by atoms with van der Waals surface area (Å²) in [6.07, 6.45) is 5.27. The molecule has 3 rings (SSSR count). The largest absolute Gasteiger partial charge is 0.367 e. The van der Waals surface area contributed by atoms with Crippen LogP contribution in [0.1, 0.15) is 44.1 Å². The molecule has 1 heterocycles. The van der Waals surface area contributed by atoms with Gasteiger partial charge in [0.15, 0.2) is 0 Å². The molecule has 98 valence electrons. The van der Waals surface area contributed by atoms with Crippen LogP contribution in [0.15, 0.2) is 24.3 Å². The number of rotatable bonds is 3. The summed E-state index contributed by atoms with van der Waals surface area (Å²) in [5.74, 6) is 1.49. The molecular formula is C16H24N2. The molecule has 1 saturated carbocycles. The van der Waals surface area contributed by atoms with Gasteiger partial charge in [0.05, 0.1) is 0 Å². The monoisotopic (exact) mass is 244 g/mol. The van der Waals surface area contributed by atoms with Crippen LogP contribution in [0.2, 0.25) is 0 Å². The van der Waals surface area contributed by atoms with Crippen LogP contribution in [0.3, 0.4) is 0 Å². The van der Waals surface area contributed by atoms with E-state index in [1.54, 1.807) is 0 Å². The van der Waals surface area contributed by atoms with Crippen molar-refractivity contribution in [1.29, 1.82) is 0 Å². The Balaban J connectivity index is 1.89. The minimum absolute atomic E-state index is 0.652. The van der Waals surface area contributed by atoms with Gasteiger partial charge in [-0.1, -0.05) is 31.5 Å². The third-order valence-electron chi connectivity index (χ3n) is 4.83. The first-order valence-corrected chi connectivity index (χ1v) is 7.37. The molecule has 1 aliphatic carbocycles. The molecule has 3 unspecified atom stereocenters. The van der Waals surface area contributed by atoms with Gasteiger partial charge >= 0.3 is 0 Å². The van der Waals surface area contributed by atoms with E-state index in [1.807, 2.05) is 0 Å². The number of para-hydroxylation sites is 1. The van der Waals surface area contributed by atoms with Crippen molar-refractivity contribution in [3.05, 3.63) is 29.8 Å². The smallest absolute Gasteiger partial charge is 0.0405 e. The standard InChI is InChI=1S/C16H24N2/c1-12-5-4-8-15(12)18-11-13(9-10-17)14-6-2-3-7-16(14)18/h2-3,6-7,12-13,15H,4-5,8-11,17H2,1H3. The van der Waals surface area contributed by atoms with Crippen LogP contribution in [0.5, 0.6) is 0 Å². The predicted octanol–water partition coefficient (Wildman–Crippen LogP) is 3.13. The molecule has 0 saturated heterocycles. The molecule has 0 spiro atoms. The van der Waals surface area contributed by atoms with Crippen LogP contribution in [-0.2, 0) is 0 Å². The summed E-state index contributed by atoms with van der Waals surface area (Å²) in [5.41, 5.74) is 8.78. The Morgan fingerprint density at radius 3 is 2.83 bits per heavy atom. The highest BCUT2D eigenvalue weighted by Gasteiger charge is 2.36. The van der Waals surface area contributed by atoms with E-state index in [-0.39, 0.29) is 0 Å². The second kappa shape index (κ2) is 4.93. The van der Waals surface area contributed by atoms with Gasteiger partial charge in [0.1, 0.15) is 0 Å². The van der Waals surface area contributed by atoms with Gasteiger partial charge in [-0.3, -0.25) is 0 Å². The quantitative estimate of drug-likeness (QED) is 0.885. The summed E-state index contributed by atoms with van der Waals surface area (Å²) < 4.78 is 0. The van der Waals surface area contributed by atoms with Crippen molar-refractivity contribution in [2.75, 3.05) is 18.0 Å². The fraction of sp³-hybridized carbons (Fsp3) is 0.625. The molecule has 1 aromatic rings. The topological polar surface area (TPSA) is 29.3 Å². The summed E-state index contributed by atoms with van der Waals surface area (Å²) in [6, 6.07) is 9.71. The van der Waals surface area contributed by atoms with Gasteiger partial charge in [0, 0.05) is 24.2 Å². The third-order valence-corrected chi connectivity index (χ3v) is 4.83. The molecule has 0 aromatic heterocycles. The molecule has 1 fully saturated rings. The van der Waals surface area contributed by atoms with Crippen molar-refractivity contribution >= 4 is 5.69 Å². The van der Waals surface area contributed by atoms with Crippen LogP contribution in [-0.4, -0.2) is 19.1 Å². The summed E-state index contributed by atoms with van der Waals surface area (Å²) in [5, 5.41) is 0. The maximum Gasteiger partial charge on any atom is 0.0405 e. The fourth-order valence-electron chi connectivity index (χ4n) is 3.88. The molecule has 18 heavy (non-hydrogen) atoms. The van der Waals surface area contributed by atoms with Crippen molar-refractivity contribution in [2.45, 2.75) is 44.6 Å². The Bertz CT molecular complexity index is 415. The fourth-order valence-corrected chi connectivity index (χ4v) is 3.88. The van der Waals surface area contributed by atoms with Gasteiger partial charge in [-0.05, 0) is 43.4 Å². The van der Waals surface area contributed by atoms with Gasteiger partial charge in [-0.15, -0.1) is 0 Å². The second-order valence-electron chi connectivity index (χ2n) is 5.96. The SMILES string of the molecule is CC1CCCC1N1CC(CCN)c2ccccc21. The average molecular weight is 244 g/mol. The number of nitrogens with two attached hydrogens (primary N) is 1. The number of hydrogen-bond acceptors (Lipinski definition) is 2. The molecule has 2 nitrogen and oxygen atoms in total. The average Bonchev–Trinajstić information content (AvgIpc) is 2.95. The van der Waals surface area contributed by atoms with Crippen molar-refractivity contribution in [1.82, 2.24) is 0 Å². The Kier molecular flexibility index (Phi) is 3.29. The van der Waals surface area contributed by atoms with Crippen LogP contribution >= 0.6 is 0 Å². The summed E-state index contributed by atoms with van der Waals surface area (Å²) in [4.78, 5) is 2.67. The molecule has 1 aromatic carbocycles. The molecule has 2 heteroatoms. The Labute approximate surface area is 110 Å². The summed E-state index contributed by atoms with van der Waals surface area (Å²) in [7, 11) is 0. The van der Waals surface area contributed by atoms with Crippen molar-refractivity contribution in [2.24, 2.45) is 11.7 Å². The zero-order chi connectivity index (χ0) is 12.5. The van der Waals surface area contributed by atoms with Crippen LogP contribution < -0.4 is 10.6 Å².